The minimum Gasteiger partial charge on any atom is -0.494 e. The van der Waals surface area contributed by atoms with E-state index >= 15 is 0 Å². The number of rotatable bonds is 17. The summed E-state index contributed by atoms with van der Waals surface area (Å²) in [6, 6.07) is 31.8. The Kier molecular flexibility index (Phi) is 11.8. The summed E-state index contributed by atoms with van der Waals surface area (Å²) in [7, 11) is 0. The predicted octanol–water partition coefficient (Wildman–Crippen LogP) is 11.0. The first-order chi connectivity index (χ1) is 25.8. The molecule has 0 saturated carbocycles. The molecule has 0 bridgehead atoms. The molecule has 1 heterocycles. The maximum Gasteiger partial charge on any atom is 0.343 e. The highest BCUT2D eigenvalue weighted by molar-refractivity contribution is 6.09. The fraction of sp³-hybridized carbons (Fsp3) is 0.238. The molecule has 0 amide bonds. The average Bonchev–Trinajstić information content (AvgIpc) is 3.18. The molecule has 11 nitrogen and oxygen atoms in total. The summed E-state index contributed by atoms with van der Waals surface area (Å²) in [5, 5.41) is 21.8. The zero-order valence-electron chi connectivity index (χ0n) is 29.6. The Morgan fingerprint density at radius 3 is 2.17 bits per heavy atom. The van der Waals surface area contributed by atoms with E-state index in [1.165, 1.54) is 6.08 Å². The number of carbonyl (C=O) groups is 2. The summed E-state index contributed by atoms with van der Waals surface area (Å²) in [5.41, 5.74) is 12.4. The average molecular weight is 711 g/mol. The molecule has 0 spiro atoms. The van der Waals surface area contributed by atoms with E-state index in [9.17, 15) is 9.59 Å². The molecule has 5 aromatic rings. The molecular formula is C42H42N6O5. The molecule has 1 aliphatic rings. The summed E-state index contributed by atoms with van der Waals surface area (Å²) in [4.78, 5) is 23.9. The Balaban J connectivity index is 0.969. The van der Waals surface area contributed by atoms with Crippen LogP contribution in [0.4, 0.5) is 28.4 Å². The molecule has 1 unspecified atom stereocenters. The number of anilines is 2. The Bertz CT molecular complexity index is 2080. The standard InChI is InChI=1S/C42H42N6O5/c1-3-39(49)52-28-7-5-4-6-27-51-33-21-13-30(14-22-33)41(50)53-34-19-11-29(12-20-34)25-26-42(2)44-37-10-8-9-35-36(23-24-38(45-42)40(35)37)48-47-32-17-15-31(46-43)16-18-32/h3,8-24,43-45H,1,4-7,25-28H2,2H3. The third-order valence-corrected chi connectivity index (χ3v) is 8.95. The number of nitrogens with one attached hydrogen (secondary N) is 3. The molecule has 0 fully saturated rings. The molecule has 0 aromatic heterocycles. The van der Waals surface area contributed by atoms with Crippen molar-refractivity contribution in [2.24, 2.45) is 15.3 Å². The van der Waals surface area contributed by atoms with Gasteiger partial charge >= 0.3 is 11.9 Å². The third kappa shape index (κ3) is 9.70. The number of aryl methyl sites for hydroxylation is 1. The van der Waals surface area contributed by atoms with Crippen molar-refractivity contribution in [1.82, 2.24) is 0 Å². The van der Waals surface area contributed by atoms with E-state index in [0.29, 0.717) is 41.7 Å². The lowest BCUT2D eigenvalue weighted by Gasteiger charge is -2.39. The van der Waals surface area contributed by atoms with Crippen LogP contribution in [-0.2, 0) is 16.0 Å². The van der Waals surface area contributed by atoms with Gasteiger partial charge in [-0.3, -0.25) is 0 Å². The van der Waals surface area contributed by atoms with E-state index in [1.54, 1.807) is 48.5 Å². The Labute approximate surface area is 308 Å². The van der Waals surface area contributed by atoms with Gasteiger partial charge in [0.05, 0.1) is 35.8 Å². The van der Waals surface area contributed by atoms with Gasteiger partial charge in [0.2, 0.25) is 0 Å². The highest BCUT2D eigenvalue weighted by atomic mass is 16.5. The number of hydrogen-bond donors (Lipinski definition) is 3. The number of esters is 2. The summed E-state index contributed by atoms with van der Waals surface area (Å²) < 4.78 is 16.4. The quantitative estimate of drug-likeness (QED) is 0.0286. The molecular weight excluding hydrogens is 668 g/mol. The smallest absolute Gasteiger partial charge is 0.343 e. The molecule has 270 valence electrons. The first-order valence-electron chi connectivity index (χ1n) is 17.7. The molecule has 11 heteroatoms. The normalized spacial score (nSPS) is 14.6. The topological polar surface area (TPSA) is 147 Å². The number of azo groups is 1. The van der Waals surface area contributed by atoms with Crippen LogP contribution in [0.5, 0.6) is 11.5 Å². The summed E-state index contributed by atoms with van der Waals surface area (Å²) >= 11 is 0. The monoisotopic (exact) mass is 710 g/mol. The van der Waals surface area contributed by atoms with Gasteiger partial charge in [-0.2, -0.15) is 10.2 Å². The number of nitrogens with zero attached hydrogens (tertiary/aromatic N) is 3. The maximum absolute atomic E-state index is 12.8. The molecule has 0 radical (unpaired) electrons. The van der Waals surface area contributed by atoms with Gasteiger partial charge in [0, 0.05) is 28.2 Å². The Morgan fingerprint density at radius 1 is 0.774 bits per heavy atom. The van der Waals surface area contributed by atoms with Crippen LogP contribution in [-0.4, -0.2) is 30.8 Å². The Hall–Kier alpha value is -6.36. The second kappa shape index (κ2) is 17.2. The van der Waals surface area contributed by atoms with Gasteiger partial charge in [-0.15, -0.1) is 5.11 Å². The number of benzene rings is 5. The van der Waals surface area contributed by atoms with Crippen molar-refractivity contribution in [1.29, 1.82) is 5.53 Å². The van der Waals surface area contributed by atoms with Gasteiger partial charge in [0.25, 0.3) is 0 Å². The fourth-order valence-corrected chi connectivity index (χ4v) is 6.09. The second-order valence-electron chi connectivity index (χ2n) is 13.0. The number of ether oxygens (including phenoxy) is 3. The number of carbonyl (C=O) groups excluding carboxylic acids is 2. The minimum atomic E-state index is -0.433. The van der Waals surface area contributed by atoms with E-state index in [1.807, 2.05) is 48.5 Å². The summed E-state index contributed by atoms with van der Waals surface area (Å²) in [6.45, 7) is 6.49. The van der Waals surface area contributed by atoms with E-state index < -0.39 is 17.6 Å². The van der Waals surface area contributed by atoms with Crippen molar-refractivity contribution in [2.45, 2.75) is 51.1 Å². The first kappa shape index (κ1) is 36.4. The Morgan fingerprint density at radius 2 is 1.45 bits per heavy atom. The highest BCUT2D eigenvalue weighted by Crippen LogP contribution is 2.43. The van der Waals surface area contributed by atoms with Gasteiger partial charge in [-0.1, -0.05) is 30.8 Å². The van der Waals surface area contributed by atoms with Crippen LogP contribution in [0.1, 0.15) is 54.9 Å². The maximum atomic E-state index is 12.8. The zero-order valence-corrected chi connectivity index (χ0v) is 29.6. The van der Waals surface area contributed by atoms with Crippen molar-refractivity contribution in [2.75, 3.05) is 23.8 Å². The second-order valence-corrected chi connectivity index (χ2v) is 13.0. The van der Waals surface area contributed by atoms with E-state index in [4.69, 9.17) is 19.7 Å². The molecule has 53 heavy (non-hydrogen) atoms. The molecule has 1 atom stereocenters. The lowest BCUT2D eigenvalue weighted by Crippen LogP contribution is -2.45. The molecule has 0 saturated heterocycles. The van der Waals surface area contributed by atoms with Crippen LogP contribution < -0.4 is 20.1 Å². The van der Waals surface area contributed by atoms with Crippen molar-refractivity contribution in [3.8, 4) is 11.5 Å². The molecule has 5 aromatic carbocycles. The predicted molar refractivity (Wildman–Crippen MR) is 206 cm³/mol. The van der Waals surface area contributed by atoms with E-state index in [-0.39, 0.29) is 0 Å². The van der Waals surface area contributed by atoms with Crippen molar-refractivity contribution < 1.29 is 23.8 Å². The molecule has 0 aliphatic carbocycles. The lowest BCUT2D eigenvalue weighted by atomic mass is 9.95. The van der Waals surface area contributed by atoms with Crippen molar-refractivity contribution >= 4 is 51.1 Å². The highest BCUT2D eigenvalue weighted by Gasteiger charge is 2.30. The van der Waals surface area contributed by atoms with Crippen LogP contribution in [0.15, 0.2) is 131 Å². The van der Waals surface area contributed by atoms with Crippen LogP contribution in [0, 0.1) is 5.53 Å². The van der Waals surface area contributed by atoms with Gasteiger partial charge in [0.1, 0.15) is 17.2 Å². The molecule has 6 rings (SSSR count). The minimum absolute atomic E-state index is 0.392. The van der Waals surface area contributed by atoms with Gasteiger partial charge in [0.15, 0.2) is 0 Å². The summed E-state index contributed by atoms with van der Waals surface area (Å²) in [5.74, 6) is 0.343. The van der Waals surface area contributed by atoms with Gasteiger partial charge < -0.3 is 24.8 Å². The van der Waals surface area contributed by atoms with Crippen LogP contribution >= 0.6 is 0 Å². The van der Waals surface area contributed by atoms with Crippen LogP contribution in [0.3, 0.4) is 0 Å². The van der Waals surface area contributed by atoms with Crippen molar-refractivity contribution in [3.63, 3.8) is 0 Å². The van der Waals surface area contributed by atoms with E-state index in [2.05, 4.69) is 45.5 Å². The number of unbranched alkanes of at least 4 members (excludes halogenated alkanes) is 3. The SMILES string of the molecule is C=CC(=O)OCCCCCCOc1ccc(C(=O)Oc2ccc(CCC3(C)Nc4cccc5c(N=Nc6ccc(N=N)cc6)ccc(c45)N3)cc2)cc1. The largest absolute Gasteiger partial charge is 0.494 e. The fourth-order valence-electron chi connectivity index (χ4n) is 6.09. The van der Waals surface area contributed by atoms with Gasteiger partial charge in [-0.05, 0) is 130 Å². The first-order valence-corrected chi connectivity index (χ1v) is 17.7. The molecule has 1 aliphatic heterocycles. The van der Waals surface area contributed by atoms with Gasteiger partial charge in [-0.25, -0.2) is 15.1 Å². The number of hydrogen-bond acceptors (Lipinski definition) is 11. The zero-order chi connectivity index (χ0) is 37.0. The van der Waals surface area contributed by atoms with Crippen LogP contribution in [0.2, 0.25) is 0 Å². The molecule has 3 N–H and O–H groups in total. The van der Waals surface area contributed by atoms with E-state index in [0.717, 1.165) is 71.9 Å². The summed E-state index contributed by atoms with van der Waals surface area (Å²) in [6.07, 6.45) is 6.36. The third-order valence-electron chi connectivity index (χ3n) is 8.95. The lowest BCUT2D eigenvalue weighted by molar-refractivity contribution is -0.137. The van der Waals surface area contributed by atoms with Crippen LogP contribution in [0.25, 0.3) is 10.8 Å². The van der Waals surface area contributed by atoms with Crippen molar-refractivity contribution in [3.05, 3.63) is 127 Å².